The number of urea groups is 1. The Morgan fingerprint density at radius 2 is 1.79 bits per heavy atom. The molecule has 2 aliphatic rings. The Morgan fingerprint density at radius 1 is 1.08 bits per heavy atom. The van der Waals surface area contributed by atoms with Crippen LogP contribution in [0, 0.1) is 0 Å². The molecule has 1 aromatic rings. The fraction of sp³-hybridized carbons (Fsp3) is 0.577. The Labute approximate surface area is 228 Å². The van der Waals surface area contributed by atoms with Gasteiger partial charge >= 0.3 is 18.1 Å². The van der Waals surface area contributed by atoms with Gasteiger partial charge in [0.15, 0.2) is 5.84 Å². The fourth-order valence-electron chi connectivity index (χ4n) is 4.17. The summed E-state index contributed by atoms with van der Waals surface area (Å²) in [6.45, 7) is 5.67. The minimum absolute atomic E-state index is 0.0397. The molecule has 2 aliphatic heterocycles. The van der Waals surface area contributed by atoms with Crippen molar-refractivity contribution >= 4 is 35.5 Å². The van der Waals surface area contributed by atoms with E-state index in [4.69, 9.17) is 15.3 Å². The Bertz CT molecular complexity index is 1020. The van der Waals surface area contributed by atoms with E-state index in [0.717, 1.165) is 32.4 Å². The van der Waals surface area contributed by atoms with E-state index in [0.29, 0.717) is 43.9 Å². The maximum Gasteiger partial charge on any atom is 0.436 e. The molecule has 0 saturated carbocycles. The highest BCUT2D eigenvalue weighted by Crippen LogP contribution is 2.22. The quantitative estimate of drug-likeness (QED) is 0.0935. The molecule has 2 fully saturated rings. The number of amides is 4. The van der Waals surface area contributed by atoms with Gasteiger partial charge in [0.2, 0.25) is 5.91 Å². The lowest BCUT2D eigenvalue weighted by Crippen LogP contribution is -2.47. The summed E-state index contributed by atoms with van der Waals surface area (Å²) in [5, 5.41) is 9.01. The van der Waals surface area contributed by atoms with Gasteiger partial charge in [0, 0.05) is 50.5 Å². The van der Waals surface area contributed by atoms with Crippen LogP contribution in [0.25, 0.3) is 0 Å². The molecule has 39 heavy (non-hydrogen) atoms. The van der Waals surface area contributed by atoms with Crippen LogP contribution >= 0.6 is 0 Å². The van der Waals surface area contributed by atoms with Crippen LogP contribution in [0.4, 0.5) is 15.3 Å². The monoisotopic (exact) mass is 545 g/mol. The van der Waals surface area contributed by atoms with Crippen molar-refractivity contribution in [2.45, 2.75) is 45.1 Å². The van der Waals surface area contributed by atoms with E-state index in [-0.39, 0.29) is 30.7 Å². The third-order valence-corrected chi connectivity index (χ3v) is 6.59. The molecular formula is C26H39N7O6. The van der Waals surface area contributed by atoms with Crippen molar-refractivity contribution < 1.29 is 28.8 Å². The van der Waals surface area contributed by atoms with Gasteiger partial charge in [0.05, 0.1) is 13.0 Å². The van der Waals surface area contributed by atoms with Crippen molar-refractivity contribution in [2.75, 3.05) is 57.8 Å². The van der Waals surface area contributed by atoms with Crippen molar-refractivity contribution in [3.05, 3.63) is 29.8 Å². The van der Waals surface area contributed by atoms with E-state index in [1.54, 1.807) is 34.1 Å². The number of hydrogen-bond acceptors (Lipinski definition) is 8. The van der Waals surface area contributed by atoms with Crippen LogP contribution in [0.1, 0.15) is 44.6 Å². The number of amidine groups is 1. The van der Waals surface area contributed by atoms with E-state index < -0.39 is 18.2 Å². The molecule has 1 aromatic carbocycles. The molecule has 214 valence electrons. The normalized spacial score (nSPS) is 18.2. The van der Waals surface area contributed by atoms with Crippen molar-refractivity contribution in [1.82, 2.24) is 20.4 Å². The number of nitrogens with zero attached hydrogens (tertiary/aromatic N) is 4. The number of oxime groups is 1. The number of carbonyl (C=O) groups is 4. The standard InChI is InChI=1S/C26H39N7O6/c1-3-4-5-18-38-22(34)10-12-28-25(36)29-21-11-13-33(24(21)35)20-8-6-19(7-9-20)23(27)30-39-26(37)32-16-14-31(2)15-17-32/h6-9,21H,3-5,10-18H2,1-2H3,(H2,27,30)(H2,28,29,36)/t21-/m0/s1. The van der Waals surface area contributed by atoms with Gasteiger partial charge in [-0.15, -0.1) is 0 Å². The summed E-state index contributed by atoms with van der Waals surface area (Å²) in [6.07, 6.45) is 2.84. The molecule has 0 radical (unpaired) electrons. The van der Waals surface area contributed by atoms with Gasteiger partial charge in [-0.1, -0.05) is 24.9 Å². The van der Waals surface area contributed by atoms with Crippen molar-refractivity contribution in [2.24, 2.45) is 10.9 Å². The molecule has 13 heteroatoms. The van der Waals surface area contributed by atoms with E-state index in [2.05, 4.69) is 27.6 Å². The highest BCUT2D eigenvalue weighted by Gasteiger charge is 2.33. The van der Waals surface area contributed by atoms with Crippen molar-refractivity contribution in [3.63, 3.8) is 0 Å². The average Bonchev–Trinajstić information content (AvgIpc) is 3.29. The van der Waals surface area contributed by atoms with Crippen LogP contribution in [-0.4, -0.2) is 98.6 Å². The largest absolute Gasteiger partial charge is 0.466 e. The summed E-state index contributed by atoms with van der Waals surface area (Å²) in [5.41, 5.74) is 7.16. The fourth-order valence-corrected chi connectivity index (χ4v) is 4.17. The van der Waals surface area contributed by atoms with Crippen LogP contribution in [0.15, 0.2) is 29.4 Å². The first-order valence-electron chi connectivity index (χ1n) is 13.4. The lowest BCUT2D eigenvalue weighted by molar-refractivity contribution is -0.143. The van der Waals surface area contributed by atoms with Crippen molar-refractivity contribution in [3.8, 4) is 0 Å². The number of hydrogen-bond donors (Lipinski definition) is 3. The smallest absolute Gasteiger partial charge is 0.436 e. The number of ether oxygens (including phenoxy) is 1. The molecule has 0 unspecified atom stereocenters. The third-order valence-electron chi connectivity index (χ3n) is 6.59. The summed E-state index contributed by atoms with van der Waals surface area (Å²) in [4.78, 5) is 59.2. The Balaban J connectivity index is 1.41. The van der Waals surface area contributed by atoms with E-state index >= 15 is 0 Å². The molecule has 1 atom stereocenters. The number of likely N-dealkylation sites (N-methyl/N-ethyl adjacent to an activating group) is 1. The zero-order valence-electron chi connectivity index (χ0n) is 22.7. The molecule has 4 N–H and O–H groups in total. The van der Waals surface area contributed by atoms with Gasteiger partial charge < -0.3 is 35.8 Å². The number of unbranched alkanes of at least 4 members (excludes halogenated alkanes) is 2. The van der Waals surface area contributed by atoms with Gasteiger partial charge in [-0.25, -0.2) is 9.59 Å². The maximum atomic E-state index is 12.9. The number of benzene rings is 1. The molecule has 0 bridgehead atoms. The van der Waals surface area contributed by atoms with Crippen LogP contribution in [0.2, 0.25) is 0 Å². The summed E-state index contributed by atoms with van der Waals surface area (Å²) in [7, 11) is 1.99. The Hall–Kier alpha value is -3.87. The van der Waals surface area contributed by atoms with Crippen LogP contribution in [0.5, 0.6) is 0 Å². The molecule has 2 saturated heterocycles. The van der Waals surface area contributed by atoms with Crippen LogP contribution in [0.3, 0.4) is 0 Å². The summed E-state index contributed by atoms with van der Waals surface area (Å²) >= 11 is 0. The van der Waals surface area contributed by atoms with E-state index in [1.807, 2.05) is 7.05 Å². The first kappa shape index (κ1) is 29.7. The second-order valence-corrected chi connectivity index (χ2v) is 9.58. The van der Waals surface area contributed by atoms with E-state index in [9.17, 15) is 19.2 Å². The second kappa shape index (κ2) is 14.9. The number of nitrogens with two attached hydrogens (primary N) is 1. The average molecular weight is 546 g/mol. The van der Waals surface area contributed by atoms with Gasteiger partial charge in [0.1, 0.15) is 6.04 Å². The maximum absolute atomic E-state index is 12.9. The topological polar surface area (TPSA) is 159 Å². The van der Waals surface area contributed by atoms with Crippen molar-refractivity contribution in [1.29, 1.82) is 0 Å². The SMILES string of the molecule is CCCCCOC(=O)CCNC(=O)N[C@H]1CCN(c2ccc(/C(N)=N/OC(=O)N3CCN(C)CC3)cc2)C1=O. The predicted octanol–water partition coefficient (Wildman–Crippen LogP) is 1.22. The van der Waals surface area contributed by atoms with Gasteiger partial charge in [0.25, 0.3) is 0 Å². The Kier molecular flexibility index (Phi) is 11.3. The molecule has 0 aromatic heterocycles. The minimum atomic E-state index is -0.675. The highest BCUT2D eigenvalue weighted by atomic mass is 16.7. The second-order valence-electron chi connectivity index (χ2n) is 9.58. The molecule has 3 rings (SSSR count). The third kappa shape index (κ3) is 9.13. The highest BCUT2D eigenvalue weighted by molar-refractivity contribution is 6.02. The number of piperazine rings is 1. The number of esters is 1. The lowest BCUT2D eigenvalue weighted by atomic mass is 10.2. The molecule has 0 aliphatic carbocycles. The molecule has 13 nitrogen and oxygen atoms in total. The van der Waals surface area contributed by atoms with E-state index in [1.165, 1.54) is 0 Å². The van der Waals surface area contributed by atoms with Gasteiger partial charge in [-0.3, -0.25) is 14.4 Å². The predicted molar refractivity (Wildman–Crippen MR) is 145 cm³/mol. The first-order chi connectivity index (χ1) is 18.8. The number of carbonyl (C=O) groups excluding carboxylic acids is 4. The number of anilines is 1. The van der Waals surface area contributed by atoms with Gasteiger partial charge in [-0.2, -0.15) is 0 Å². The molecular weight excluding hydrogens is 506 g/mol. The van der Waals surface area contributed by atoms with Gasteiger partial charge in [-0.05, 0) is 44.2 Å². The zero-order valence-corrected chi connectivity index (χ0v) is 22.7. The molecule has 4 amide bonds. The summed E-state index contributed by atoms with van der Waals surface area (Å²) < 4.78 is 5.10. The molecule has 0 spiro atoms. The molecule has 2 heterocycles. The summed E-state index contributed by atoms with van der Waals surface area (Å²) in [6, 6.07) is 5.60. The lowest BCUT2D eigenvalue weighted by Gasteiger charge is -2.30. The first-order valence-corrected chi connectivity index (χ1v) is 13.4. The Morgan fingerprint density at radius 3 is 2.49 bits per heavy atom. The van der Waals surface area contributed by atoms with Crippen LogP contribution in [-0.2, 0) is 19.2 Å². The van der Waals surface area contributed by atoms with Crippen LogP contribution < -0.4 is 21.3 Å². The summed E-state index contributed by atoms with van der Waals surface area (Å²) in [5.74, 6) is -0.564. The number of nitrogens with one attached hydrogen (secondary N) is 2. The zero-order chi connectivity index (χ0) is 28.2. The minimum Gasteiger partial charge on any atom is -0.466 e. The number of rotatable bonds is 11.